The van der Waals surface area contributed by atoms with Crippen LogP contribution in [0.5, 0.6) is 0 Å². The zero-order chi connectivity index (χ0) is 27.9. The Kier molecular flexibility index (Phi) is 7.47. The van der Waals surface area contributed by atoms with Crippen molar-refractivity contribution in [3.05, 3.63) is 36.9 Å². The van der Waals surface area contributed by atoms with Crippen molar-refractivity contribution in [2.24, 2.45) is 17.8 Å². The van der Waals surface area contributed by atoms with E-state index in [9.17, 15) is 19.5 Å². The lowest BCUT2D eigenvalue weighted by molar-refractivity contribution is -0.156. The largest absolute Gasteiger partial charge is 0.466 e. The summed E-state index contributed by atoms with van der Waals surface area (Å²) in [6.45, 7) is 9.74. The Balaban J connectivity index is 1.56. The molecule has 1 spiro atoms. The highest BCUT2D eigenvalue weighted by Gasteiger charge is 2.75. The lowest BCUT2D eigenvalue weighted by atomic mass is 9.70. The van der Waals surface area contributed by atoms with Crippen LogP contribution in [0.3, 0.4) is 0 Å². The number of fused-ring (bicyclic) bond motifs is 2. The van der Waals surface area contributed by atoms with Crippen LogP contribution < -0.4 is 0 Å². The molecule has 11 heteroatoms. The predicted molar refractivity (Wildman–Crippen MR) is 141 cm³/mol. The molecule has 210 valence electrons. The number of likely N-dealkylation sites (tertiary alicyclic amines) is 1. The summed E-state index contributed by atoms with van der Waals surface area (Å²) in [5.41, 5.74) is 0.292. The Morgan fingerprint density at radius 3 is 2.82 bits per heavy atom. The first kappa shape index (κ1) is 27.3. The van der Waals surface area contributed by atoms with Gasteiger partial charge < -0.3 is 24.4 Å². The average Bonchev–Trinajstić information content (AvgIpc) is 3.66. The molecule has 2 bridgehead atoms. The van der Waals surface area contributed by atoms with Gasteiger partial charge in [0, 0.05) is 6.54 Å². The first-order valence-corrected chi connectivity index (χ1v) is 13.7. The van der Waals surface area contributed by atoms with E-state index in [0.717, 1.165) is 5.52 Å². The molecule has 2 aromatic rings. The maximum atomic E-state index is 14.5. The van der Waals surface area contributed by atoms with Crippen molar-refractivity contribution in [3.8, 4) is 0 Å². The fourth-order valence-electron chi connectivity index (χ4n) is 6.82. The van der Waals surface area contributed by atoms with Crippen LogP contribution in [0.4, 0.5) is 0 Å². The van der Waals surface area contributed by atoms with Crippen LogP contribution in [0, 0.1) is 17.8 Å². The minimum atomic E-state index is -1.18. The Morgan fingerprint density at radius 2 is 2.13 bits per heavy atom. The summed E-state index contributed by atoms with van der Waals surface area (Å²) in [7, 11) is 0. The number of rotatable bonds is 11. The van der Waals surface area contributed by atoms with Gasteiger partial charge >= 0.3 is 5.97 Å². The van der Waals surface area contributed by atoms with Gasteiger partial charge in [-0.25, -0.2) is 4.68 Å². The van der Waals surface area contributed by atoms with E-state index in [-0.39, 0.29) is 44.2 Å². The van der Waals surface area contributed by atoms with Crippen LogP contribution in [0.2, 0.25) is 0 Å². The van der Waals surface area contributed by atoms with Crippen LogP contribution in [0.1, 0.15) is 40.0 Å². The number of carbonyl (C=O) groups is 3. The topological polar surface area (TPSA) is 127 Å². The number of hydrogen-bond donors (Lipinski definition) is 1. The molecule has 3 fully saturated rings. The highest BCUT2D eigenvalue weighted by atomic mass is 16.6. The monoisotopic (exact) mass is 539 g/mol. The molecule has 4 heterocycles. The molecule has 3 aliphatic rings. The first-order valence-electron chi connectivity index (χ1n) is 13.7. The van der Waals surface area contributed by atoms with Gasteiger partial charge in [0.1, 0.15) is 23.8 Å². The molecule has 1 aromatic heterocycles. The molecule has 3 saturated heterocycles. The van der Waals surface area contributed by atoms with E-state index in [4.69, 9.17) is 9.47 Å². The third kappa shape index (κ3) is 4.41. The predicted octanol–water partition coefficient (Wildman–Crippen LogP) is 1.75. The summed E-state index contributed by atoms with van der Waals surface area (Å²) in [6.07, 6.45) is 2.65. The van der Waals surface area contributed by atoms with Crippen molar-refractivity contribution >= 4 is 28.8 Å². The number of benzene rings is 1. The van der Waals surface area contributed by atoms with Gasteiger partial charge in [-0.1, -0.05) is 37.3 Å². The van der Waals surface area contributed by atoms with Gasteiger partial charge in [0.25, 0.3) is 0 Å². The summed E-state index contributed by atoms with van der Waals surface area (Å²) in [5, 5.41) is 18.9. The van der Waals surface area contributed by atoms with E-state index in [2.05, 4.69) is 16.9 Å². The molecular formula is C28H37N5O6. The highest BCUT2D eigenvalue weighted by molar-refractivity contribution is 5.98. The number of esters is 1. The summed E-state index contributed by atoms with van der Waals surface area (Å²) in [4.78, 5) is 44.8. The summed E-state index contributed by atoms with van der Waals surface area (Å²) in [6, 6.07) is 5.85. The number of nitrogens with zero attached hydrogens (tertiary/aromatic N) is 5. The van der Waals surface area contributed by atoms with Crippen molar-refractivity contribution in [2.45, 2.75) is 70.5 Å². The zero-order valence-corrected chi connectivity index (χ0v) is 22.7. The number of carbonyl (C=O) groups excluding carboxylic acids is 3. The Morgan fingerprint density at radius 1 is 1.36 bits per heavy atom. The van der Waals surface area contributed by atoms with Crippen LogP contribution in [-0.4, -0.2) is 91.2 Å². The fraction of sp³-hybridized carbons (Fsp3) is 0.607. The molecule has 6 atom stereocenters. The van der Waals surface area contributed by atoms with Crippen molar-refractivity contribution in [1.82, 2.24) is 24.8 Å². The molecule has 5 rings (SSSR count). The molecule has 1 N–H and O–H groups in total. The molecule has 39 heavy (non-hydrogen) atoms. The summed E-state index contributed by atoms with van der Waals surface area (Å²) in [5.74, 6) is -2.61. The molecule has 2 amide bonds. The molecule has 3 aliphatic heterocycles. The number of aliphatic hydroxyl groups excluding tert-OH is 1. The van der Waals surface area contributed by atoms with E-state index < -0.39 is 41.6 Å². The van der Waals surface area contributed by atoms with Gasteiger partial charge in [0.2, 0.25) is 11.8 Å². The second-order valence-corrected chi connectivity index (χ2v) is 11.1. The third-order valence-corrected chi connectivity index (χ3v) is 8.26. The van der Waals surface area contributed by atoms with Crippen LogP contribution in [-0.2, 0) is 30.5 Å². The van der Waals surface area contributed by atoms with Gasteiger partial charge in [0.15, 0.2) is 0 Å². The van der Waals surface area contributed by atoms with Gasteiger partial charge in [0.05, 0.1) is 42.7 Å². The third-order valence-electron chi connectivity index (χ3n) is 8.26. The van der Waals surface area contributed by atoms with Gasteiger partial charge in [-0.2, -0.15) is 0 Å². The van der Waals surface area contributed by atoms with Crippen molar-refractivity contribution in [2.75, 3.05) is 19.8 Å². The molecule has 0 unspecified atom stereocenters. The van der Waals surface area contributed by atoms with Crippen molar-refractivity contribution in [1.29, 1.82) is 0 Å². The van der Waals surface area contributed by atoms with Crippen molar-refractivity contribution in [3.63, 3.8) is 0 Å². The number of para-hydroxylation sites is 1. The summed E-state index contributed by atoms with van der Waals surface area (Å²) < 4.78 is 13.5. The Labute approximate surface area is 227 Å². The first-order chi connectivity index (χ1) is 18.8. The minimum absolute atomic E-state index is 0.0867. The Bertz CT molecular complexity index is 1260. The summed E-state index contributed by atoms with van der Waals surface area (Å²) >= 11 is 0. The Hall–Kier alpha value is -3.31. The average molecular weight is 540 g/mol. The minimum Gasteiger partial charge on any atom is -0.466 e. The lowest BCUT2D eigenvalue weighted by Crippen LogP contribution is -2.59. The zero-order valence-electron chi connectivity index (χ0n) is 22.7. The van der Waals surface area contributed by atoms with Gasteiger partial charge in [-0.15, -0.1) is 11.7 Å². The molecule has 1 aromatic carbocycles. The number of hydrogen-bond acceptors (Lipinski definition) is 8. The maximum Gasteiger partial charge on any atom is 0.312 e. The van der Waals surface area contributed by atoms with Crippen LogP contribution in [0.25, 0.3) is 11.0 Å². The standard InChI is InChI=1S/C28H37N5O6/c1-5-13-31(16-32-20-10-8-7-9-19(20)29-30-32)26(36)24-28-12-11-21(39-28)22(27(37)38-6-2)23(28)25(35)33(24)18(15-34)14-17(3)4/h5,7-10,17-18,21-24,34H,1,6,11-16H2,2-4H3/t18-,21-,22+,23+,24-,28+/m1/s1. The van der Waals surface area contributed by atoms with Crippen molar-refractivity contribution < 1.29 is 29.0 Å². The second kappa shape index (κ2) is 10.7. The van der Waals surface area contributed by atoms with E-state index in [1.807, 2.05) is 38.1 Å². The molecular weight excluding hydrogens is 502 g/mol. The number of ether oxygens (including phenoxy) is 2. The second-order valence-electron chi connectivity index (χ2n) is 11.1. The fourth-order valence-corrected chi connectivity index (χ4v) is 6.82. The number of aromatic nitrogens is 3. The smallest absolute Gasteiger partial charge is 0.312 e. The van der Waals surface area contributed by atoms with E-state index in [1.165, 1.54) is 4.90 Å². The van der Waals surface area contributed by atoms with Crippen LogP contribution >= 0.6 is 0 Å². The van der Waals surface area contributed by atoms with E-state index in [0.29, 0.717) is 24.8 Å². The maximum absolute atomic E-state index is 14.5. The van der Waals surface area contributed by atoms with Gasteiger partial charge in [-0.05, 0) is 44.2 Å². The molecule has 0 saturated carbocycles. The SMILES string of the molecule is C=CCN(Cn1nnc2ccccc21)C(=O)[C@H]1N([C@@H](CO)CC(C)C)C(=O)[C@@H]2[C@@H](C(=O)OCC)[C@H]3CC[C@]21O3. The molecule has 0 aliphatic carbocycles. The highest BCUT2D eigenvalue weighted by Crippen LogP contribution is 2.59. The number of aliphatic hydroxyl groups is 1. The van der Waals surface area contributed by atoms with Crippen LogP contribution in [0.15, 0.2) is 36.9 Å². The van der Waals surface area contributed by atoms with Gasteiger partial charge in [-0.3, -0.25) is 14.4 Å². The molecule has 11 nitrogen and oxygen atoms in total. The number of amides is 2. The lowest BCUT2D eigenvalue weighted by Gasteiger charge is -2.39. The van der Waals surface area contributed by atoms with E-state index in [1.54, 1.807) is 22.6 Å². The quantitative estimate of drug-likeness (QED) is 0.338. The molecule has 0 radical (unpaired) electrons. The normalized spacial score (nSPS) is 28.2. The van der Waals surface area contributed by atoms with E-state index >= 15 is 0 Å².